The van der Waals surface area contributed by atoms with E-state index in [1.807, 2.05) is 20.0 Å². The van der Waals surface area contributed by atoms with Crippen LogP contribution in [0.5, 0.6) is 11.5 Å². The fraction of sp³-hybridized carbons (Fsp3) is 0.444. The minimum Gasteiger partial charge on any atom is -0.493 e. The minimum absolute atomic E-state index is 0.0359. The van der Waals surface area contributed by atoms with Crippen LogP contribution in [0, 0.1) is 0 Å². The van der Waals surface area contributed by atoms with Crippen molar-refractivity contribution in [2.75, 3.05) is 20.3 Å². The minimum atomic E-state index is -4.41. The molecule has 10 heteroatoms. The summed E-state index contributed by atoms with van der Waals surface area (Å²) in [5.41, 5.74) is 1.77. The molecule has 1 heterocycles. The molecule has 154 valence electrons. The highest BCUT2D eigenvalue weighted by Crippen LogP contribution is 2.30. The van der Waals surface area contributed by atoms with Crippen LogP contribution < -0.4 is 20.1 Å². The van der Waals surface area contributed by atoms with Crippen LogP contribution in [0.3, 0.4) is 0 Å². The highest BCUT2D eigenvalue weighted by molar-refractivity contribution is 5.79. The number of aromatic nitrogens is 2. The zero-order chi connectivity index (χ0) is 20.6. The van der Waals surface area contributed by atoms with Crippen molar-refractivity contribution in [3.05, 3.63) is 41.7 Å². The van der Waals surface area contributed by atoms with E-state index >= 15 is 0 Å². The molecule has 0 bridgehead atoms. The van der Waals surface area contributed by atoms with E-state index in [1.165, 1.54) is 13.2 Å². The summed E-state index contributed by atoms with van der Waals surface area (Å²) >= 11 is 0. The molecule has 0 fully saturated rings. The summed E-state index contributed by atoms with van der Waals surface area (Å²) in [5, 5.41) is 10.5. The topological polar surface area (TPSA) is 72.7 Å². The fourth-order valence-electron chi connectivity index (χ4n) is 2.35. The van der Waals surface area contributed by atoms with Crippen molar-refractivity contribution in [3.63, 3.8) is 0 Å². The van der Waals surface area contributed by atoms with Crippen molar-refractivity contribution in [2.45, 2.75) is 26.2 Å². The number of rotatable bonds is 8. The summed E-state index contributed by atoms with van der Waals surface area (Å²) in [6.45, 7) is 2.14. The predicted octanol–water partition coefficient (Wildman–Crippen LogP) is 2.63. The van der Waals surface area contributed by atoms with E-state index in [4.69, 9.17) is 9.47 Å². The van der Waals surface area contributed by atoms with Gasteiger partial charge in [0, 0.05) is 19.8 Å². The van der Waals surface area contributed by atoms with E-state index in [0.29, 0.717) is 25.6 Å². The molecule has 0 unspecified atom stereocenters. The summed E-state index contributed by atoms with van der Waals surface area (Å²) in [5.74, 6) is 0.874. The Bertz CT molecular complexity index is 790. The lowest BCUT2D eigenvalue weighted by molar-refractivity contribution is -0.153. The summed E-state index contributed by atoms with van der Waals surface area (Å²) in [6, 6.07) is 6.62. The van der Waals surface area contributed by atoms with Gasteiger partial charge in [0.25, 0.3) is 0 Å². The SMILES string of the molecule is CCNC(=NCc1ccc(OCC(F)(F)F)c(OC)c1)NCc1ccnn1C. The van der Waals surface area contributed by atoms with Crippen molar-refractivity contribution in [1.82, 2.24) is 20.4 Å². The standard InChI is InChI=1S/C18H24F3N5O2/c1-4-22-17(24-11-14-7-8-25-26(14)2)23-10-13-5-6-15(16(9-13)27-3)28-12-18(19,20)21/h5-9H,4,10-12H2,1-3H3,(H2,22,23,24). The monoisotopic (exact) mass is 399 g/mol. The zero-order valence-corrected chi connectivity index (χ0v) is 16.0. The maximum Gasteiger partial charge on any atom is 0.422 e. The molecule has 2 rings (SSSR count). The Balaban J connectivity index is 2.03. The number of aryl methyl sites for hydroxylation is 1. The molecule has 2 N–H and O–H groups in total. The Morgan fingerprint density at radius 1 is 1.21 bits per heavy atom. The third kappa shape index (κ3) is 6.67. The van der Waals surface area contributed by atoms with Gasteiger partial charge < -0.3 is 20.1 Å². The van der Waals surface area contributed by atoms with E-state index in [0.717, 1.165) is 11.3 Å². The van der Waals surface area contributed by atoms with Crippen LogP contribution >= 0.6 is 0 Å². The lowest BCUT2D eigenvalue weighted by Gasteiger charge is -2.14. The van der Waals surface area contributed by atoms with Crippen molar-refractivity contribution in [3.8, 4) is 11.5 Å². The molecule has 0 radical (unpaired) electrons. The molecule has 0 saturated carbocycles. The van der Waals surface area contributed by atoms with E-state index in [-0.39, 0.29) is 11.5 Å². The average molecular weight is 399 g/mol. The molecule has 0 aliphatic rings. The Hall–Kier alpha value is -2.91. The second kappa shape index (κ2) is 9.86. The molecule has 28 heavy (non-hydrogen) atoms. The summed E-state index contributed by atoms with van der Waals surface area (Å²) in [4.78, 5) is 4.49. The van der Waals surface area contributed by atoms with Crippen molar-refractivity contribution >= 4 is 5.96 Å². The first-order valence-corrected chi connectivity index (χ1v) is 8.68. The summed E-state index contributed by atoms with van der Waals surface area (Å²) in [6.07, 6.45) is -2.69. The normalized spacial score (nSPS) is 12.0. The number of benzene rings is 1. The summed E-state index contributed by atoms with van der Waals surface area (Å²) in [7, 11) is 3.23. The van der Waals surface area contributed by atoms with E-state index in [2.05, 4.69) is 20.7 Å². The number of hydrogen-bond acceptors (Lipinski definition) is 4. The number of methoxy groups -OCH3 is 1. The Morgan fingerprint density at radius 2 is 2.00 bits per heavy atom. The zero-order valence-electron chi connectivity index (χ0n) is 16.0. The van der Waals surface area contributed by atoms with Gasteiger partial charge in [-0.1, -0.05) is 6.07 Å². The average Bonchev–Trinajstić information content (AvgIpc) is 3.06. The van der Waals surface area contributed by atoms with Crippen LogP contribution in [-0.4, -0.2) is 42.2 Å². The number of nitrogens with one attached hydrogen (secondary N) is 2. The quantitative estimate of drug-likeness (QED) is 0.527. The molecule has 0 saturated heterocycles. The van der Waals surface area contributed by atoms with Gasteiger partial charge in [0.2, 0.25) is 0 Å². The molecule has 7 nitrogen and oxygen atoms in total. The van der Waals surface area contributed by atoms with Gasteiger partial charge in [0.1, 0.15) is 0 Å². The number of hydrogen-bond donors (Lipinski definition) is 2. The van der Waals surface area contributed by atoms with Gasteiger partial charge in [-0.3, -0.25) is 4.68 Å². The van der Waals surface area contributed by atoms with Crippen molar-refractivity contribution in [1.29, 1.82) is 0 Å². The molecule has 1 aromatic heterocycles. The van der Waals surface area contributed by atoms with Crippen LogP contribution in [0.1, 0.15) is 18.2 Å². The first kappa shape index (κ1) is 21.4. The Labute approximate surface area is 161 Å². The smallest absolute Gasteiger partial charge is 0.422 e. The van der Waals surface area contributed by atoms with Gasteiger partial charge in [-0.25, -0.2) is 4.99 Å². The van der Waals surface area contributed by atoms with Gasteiger partial charge in [-0.2, -0.15) is 18.3 Å². The van der Waals surface area contributed by atoms with Crippen LogP contribution in [0.25, 0.3) is 0 Å². The maximum absolute atomic E-state index is 12.3. The molecular weight excluding hydrogens is 375 g/mol. The Kier molecular flexibility index (Phi) is 7.53. The second-order valence-corrected chi connectivity index (χ2v) is 5.88. The number of alkyl halides is 3. The molecule has 0 aliphatic heterocycles. The third-order valence-electron chi connectivity index (χ3n) is 3.74. The van der Waals surface area contributed by atoms with Crippen molar-refractivity contribution in [2.24, 2.45) is 12.0 Å². The lowest BCUT2D eigenvalue weighted by Crippen LogP contribution is -2.37. The van der Waals surface area contributed by atoms with Crippen LogP contribution in [-0.2, 0) is 20.1 Å². The van der Waals surface area contributed by atoms with Gasteiger partial charge in [0.05, 0.1) is 25.9 Å². The second-order valence-electron chi connectivity index (χ2n) is 5.88. The highest BCUT2D eigenvalue weighted by Gasteiger charge is 2.29. The van der Waals surface area contributed by atoms with E-state index in [9.17, 15) is 13.2 Å². The fourth-order valence-corrected chi connectivity index (χ4v) is 2.35. The third-order valence-corrected chi connectivity index (χ3v) is 3.74. The van der Waals surface area contributed by atoms with Gasteiger partial charge >= 0.3 is 6.18 Å². The van der Waals surface area contributed by atoms with Gasteiger partial charge in [0.15, 0.2) is 24.1 Å². The molecule has 0 amide bonds. The molecule has 0 spiro atoms. The van der Waals surface area contributed by atoms with Crippen LogP contribution in [0.4, 0.5) is 13.2 Å². The first-order valence-electron chi connectivity index (χ1n) is 8.68. The molecule has 1 aromatic carbocycles. The first-order chi connectivity index (χ1) is 13.3. The molecule has 0 aliphatic carbocycles. The Morgan fingerprint density at radius 3 is 2.61 bits per heavy atom. The van der Waals surface area contributed by atoms with Crippen molar-refractivity contribution < 1.29 is 22.6 Å². The number of aliphatic imine (C=N–C) groups is 1. The summed E-state index contributed by atoms with van der Waals surface area (Å²) < 4.78 is 48.7. The predicted molar refractivity (Wildman–Crippen MR) is 99.4 cm³/mol. The molecule has 2 aromatic rings. The van der Waals surface area contributed by atoms with Crippen LogP contribution in [0.2, 0.25) is 0 Å². The lowest BCUT2D eigenvalue weighted by atomic mass is 10.2. The largest absolute Gasteiger partial charge is 0.493 e. The number of guanidine groups is 1. The van der Waals surface area contributed by atoms with Gasteiger partial charge in [-0.15, -0.1) is 0 Å². The number of halogens is 3. The van der Waals surface area contributed by atoms with E-state index < -0.39 is 12.8 Å². The molecular formula is C18H24F3N5O2. The van der Waals surface area contributed by atoms with E-state index in [1.54, 1.807) is 23.0 Å². The molecule has 0 atom stereocenters. The van der Waals surface area contributed by atoms with Crippen LogP contribution in [0.15, 0.2) is 35.5 Å². The number of nitrogens with zero attached hydrogens (tertiary/aromatic N) is 3. The van der Waals surface area contributed by atoms with Gasteiger partial charge in [-0.05, 0) is 30.7 Å². The number of ether oxygens (including phenoxy) is 2. The maximum atomic E-state index is 12.3. The highest BCUT2D eigenvalue weighted by atomic mass is 19.4.